The van der Waals surface area contributed by atoms with Gasteiger partial charge in [0, 0.05) is 25.4 Å². The first kappa shape index (κ1) is 22.2. The summed E-state index contributed by atoms with van der Waals surface area (Å²) >= 11 is 0. The van der Waals surface area contributed by atoms with Crippen LogP contribution in [0.15, 0.2) is 72.3 Å². The van der Waals surface area contributed by atoms with E-state index in [1.807, 2.05) is 4.90 Å². The highest BCUT2D eigenvalue weighted by Gasteiger charge is 2.34. The van der Waals surface area contributed by atoms with Gasteiger partial charge in [0.2, 0.25) is 0 Å². The first-order chi connectivity index (χ1) is 15.1. The molecule has 8 heteroatoms. The highest BCUT2D eigenvalue weighted by molar-refractivity contribution is 8.00. The van der Waals surface area contributed by atoms with Gasteiger partial charge in [-0.25, -0.2) is 26.0 Å². The molecular weight excluding hydrogens is 442 g/mol. The molecule has 0 saturated carbocycles. The number of nitrogens with zero attached hydrogens (tertiary/aromatic N) is 1. The van der Waals surface area contributed by atoms with E-state index in [9.17, 15) is 26.0 Å². The van der Waals surface area contributed by atoms with Crippen LogP contribution in [0.4, 0.5) is 17.6 Å². The van der Waals surface area contributed by atoms with Crippen LogP contribution in [0.25, 0.3) is 4.91 Å². The van der Waals surface area contributed by atoms with Gasteiger partial charge in [0.15, 0.2) is 9.84 Å². The Morgan fingerprint density at radius 1 is 0.750 bits per heavy atom. The van der Waals surface area contributed by atoms with E-state index >= 15 is 0 Å². The second-order valence-corrected chi connectivity index (χ2v) is 9.73. The van der Waals surface area contributed by atoms with Crippen LogP contribution < -0.4 is 0 Å². The predicted molar refractivity (Wildman–Crippen MR) is 114 cm³/mol. The molecule has 0 amide bonds. The SMILES string of the molecule is CS(=O)(=O)C(=C1CN(C(c2ccc(F)cc2)c2ccc(F)cc2)C1)c1cc(F)cc(F)c1. The fourth-order valence-electron chi connectivity index (χ4n) is 4.04. The maximum absolute atomic E-state index is 13.7. The van der Waals surface area contributed by atoms with Crippen molar-refractivity contribution in [2.45, 2.75) is 6.04 Å². The Balaban J connectivity index is 1.74. The molecule has 0 radical (unpaired) electrons. The summed E-state index contributed by atoms with van der Waals surface area (Å²) in [5.41, 5.74) is 1.95. The normalized spacial score (nSPS) is 14.5. The second-order valence-electron chi connectivity index (χ2n) is 7.77. The van der Waals surface area contributed by atoms with E-state index in [-0.39, 0.29) is 29.6 Å². The molecule has 1 heterocycles. The molecule has 0 spiro atoms. The zero-order valence-corrected chi connectivity index (χ0v) is 17.8. The standard InChI is InChI=1S/C24H19F4NO2S/c1-32(30,31)24(17-10-21(27)12-22(28)11-17)18-13-29(14-18)23(15-2-6-19(25)7-3-15)16-4-8-20(26)9-5-16/h2-12,23H,13-14H2,1H3. The maximum atomic E-state index is 13.7. The molecule has 166 valence electrons. The molecule has 3 aromatic carbocycles. The number of likely N-dealkylation sites (tertiary alicyclic amines) is 1. The van der Waals surface area contributed by atoms with Gasteiger partial charge in [0.25, 0.3) is 0 Å². The van der Waals surface area contributed by atoms with Crippen molar-refractivity contribution < 1.29 is 26.0 Å². The van der Waals surface area contributed by atoms with Crippen LogP contribution in [0.2, 0.25) is 0 Å². The largest absolute Gasteiger partial charge is 0.284 e. The molecule has 3 aromatic rings. The van der Waals surface area contributed by atoms with Crippen molar-refractivity contribution in [2.75, 3.05) is 19.3 Å². The van der Waals surface area contributed by atoms with Crippen molar-refractivity contribution in [1.29, 1.82) is 0 Å². The van der Waals surface area contributed by atoms with E-state index in [0.717, 1.165) is 29.5 Å². The molecule has 1 fully saturated rings. The Morgan fingerprint density at radius 2 is 1.19 bits per heavy atom. The molecule has 0 bridgehead atoms. The molecule has 0 atom stereocenters. The third-order valence-electron chi connectivity index (χ3n) is 5.34. The zero-order valence-electron chi connectivity index (χ0n) is 17.0. The third kappa shape index (κ3) is 4.61. The lowest BCUT2D eigenvalue weighted by Gasteiger charge is -2.42. The lowest BCUT2D eigenvalue weighted by Crippen LogP contribution is -2.44. The lowest BCUT2D eigenvalue weighted by molar-refractivity contribution is 0.203. The van der Waals surface area contributed by atoms with Gasteiger partial charge < -0.3 is 0 Å². The molecular formula is C24H19F4NO2S. The van der Waals surface area contributed by atoms with E-state index in [0.29, 0.717) is 11.6 Å². The van der Waals surface area contributed by atoms with Crippen LogP contribution in [-0.2, 0) is 9.84 Å². The molecule has 32 heavy (non-hydrogen) atoms. The minimum atomic E-state index is -3.78. The van der Waals surface area contributed by atoms with Gasteiger partial charge in [-0.15, -0.1) is 0 Å². The summed E-state index contributed by atoms with van der Waals surface area (Å²) in [6.07, 6.45) is 0.998. The number of rotatable bonds is 5. The molecule has 0 aliphatic carbocycles. The maximum Gasteiger partial charge on any atom is 0.176 e. The van der Waals surface area contributed by atoms with Crippen LogP contribution in [-0.4, -0.2) is 32.7 Å². The van der Waals surface area contributed by atoms with Crippen LogP contribution in [0.1, 0.15) is 22.7 Å². The molecule has 0 N–H and O–H groups in total. The Hall–Kier alpha value is -2.97. The van der Waals surface area contributed by atoms with Crippen LogP contribution in [0.3, 0.4) is 0 Å². The average molecular weight is 461 g/mol. The van der Waals surface area contributed by atoms with E-state index in [1.54, 1.807) is 24.3 Å². The van der Waals surface area contributed by atoms with Crippen molar-refractivity contribution in [3.05, 3.63) is 112 Å². The van der Waals surface area contributed by atoms with Crippen molar-refractivity contribution in [1.82, 2.24) is 4.90 Å². The van der Waals surface area contributed by atoms with Gasteiger partial charge in [0.05, 0.1) is 10.9 Å². The van der Waals surface area contributed by atoms with Crippen LogP contribution in [0.5, 0.6) is 0 Å². The number of hydrogen-bond donors (Lipinski definition) is 0. The molecule has 0 aromatic heterocycles. The number of halogens is 4. The first-order valence-electron chi connectivity index (χ1n) is 9.75. The van der Waals surface area contributed by atoms with E-state index in [1.165, 1.54) is 24.3 Å². The van der Waals surface area contributed by atoms with Crippen molar-refractivity contribution in [3.8, 4) is 0 Å². The highest BCUT2D eigenvalue weighted by Crippen LogP contribution is 2.38. The third-order valence-corrected chi connectivity index (χ3v) is 6.61. The Kier molecular flexibility index (Phi) is 5.92. The smallest absolute Gasteiger partial charge is 0.176 e. The monoisotopic (exact) mass is 461 g/mol. The molecule has 0 unspecified atom stereocenters. The van der Waals surface area contributed by atoms with Gasteiger partial charge in [-0.3, -0.25) is 4.90 Å². The van der Waals surface area contributed by atoms with Gasteiger partial charge >= 0.3 is 0 Å². The Bertz CT molecular complexity index is 1210. The molecule has 4 rings (SSSR count). The topological polar surface area (TPSA) is 37.4 Å². The zero-order chi connectivity index (χ0) is 23.0. The second kappa shape index (κ2) is 8.52. The summed E-state index contributed by atoms with van der Waals surface area (Å²) in [4.78, 5) is 1.82. The van der Waals surface area contributed by atoms with Gasteiger partial charge in [0.1, 0.15) is 23.3 Å². The first-order valence-corrected chi connectivity index (χ1v) is 11.6. The van der Waals surface area contributed by atoms with E-state index in [2.05, 4.69) is 0 Å². The minimum absolute atomic E-state index is 0.0419. The van der Waals surface area contributed by atoms with Gasteiger partial charge in [-0.1, -0.05) is 24.3 Å². The highest BCUT2D eigenvalue weighted by atomic mass is 32.2. The van der Waals surface area contributed by atoms with Crippen LogP contribution in [0, 0.1) is 23.3 Å². The van der Waals surface area contributed by atoms with Gasteiger partial charge in [-0.05, 0) is 58.7 Å². The summed E-state index contributed by atoms with van der Waals surface area (Å²) in [7, 11) is -3.78. The fourth-order valence-corrected chi connectivity index (χ4v) is 5.24. The molecule has 3 nitrogen and oxygen atoms in total. The van der Waals surface area contributed by atoms with Gasteiger partial charge in [-0.2, -0.15) is 0 Å². The number of benzene rings is 3. The van der Waals surface area contributed by atoms with Crippen molar-refractivity contribution in [2.24, 2.45) is 0 Å². The number of sulfone groups is 1. The average Bonchev–Trinajstić information content (AvgIpc) is 2.67. The quantitative estimate of drug-likeness (QED) is 0.496. The minimum Gasteiger partial charge on any atom is -0.284 e. The summed E-state index contributed by atoms with van der Waals surface area (Å²) in [6, 6.07) is 14.0. The number of hydrogen-bond acceptors (Lipinski definition) is 3. The molecule has 1 aliphatic heterocycles. The summed E-state index contributed by atoms with van der Waals surface area (Å²) < 4.78 is 79.4. The summed E-state index contributed by atoms with van der Waals surface area (Å²) in [6.45, 7) is 0.417. The Morgan fingerprint density at radius 3 is 1.59 bits per heavy atom. The predicted octanol–water partition coefficient (Wildman–Crippen LogP) is 5.10. The lowest BCUT2D eigenvalue weighted by atomic mass is 9.92. The van der Waals surface area contributed by atoms with Crippen LogP contribution >= 0.6 is 0 Å². The Labute approximate surface area is 183 Å². The van der Waals surface area contributed by atoms with Crippen molar-refractivity contribution in [3.63, 3.8) is 0 Å². The molecule has 1 aliphatic rings. The molecule has 1 saturated heterocycles. The fraction of sp³-hybridized carbons (Fsp3) is 0.167. The summed E-state index contributed by atoms with van der Waals surface area (Å²) in [5.74, 6) is -2.53. The van der Waals surface area contributed by atoms with E-state index in [4.69, 9.17) is 0 Å². The van der Waals surface area contributed by atoms with Crippen molar-refractivity contribution >= 4 is 14.7 Å². The van der Waals surface area contributed by atoms with E-state index < -0.39 is 33.1 Å². The summed E-state index contributed by atoms with van der Waals surface area (Å²) in [5, 5.41) is 0.